The van der Waals surface area contributed by atoms with Crippen LogP contribution < -0.4 is 4.72 Å². The minimum absolute atomic E-state index is 0.0382. The molecule has 0 heterocycles. The molecule has 0 radical (unpaired) electrons. The second-order valence-electron chi connectivity index (χ2n) is 4.67. The van der Waals surface area contributed by atoms with Crippen LogP contribution in [0.15, 0.2) is 28.7 Å². The number of unbranched alkanes of at least 4 members (excludes halogenated alkanes) is 1. The Balaban J connectivity index is 2.92. The number of sulfonamides is 1. The number of hydrogen-bond acceptors (Lipinski definition) is 4. The SMILES string of the molecule is CCCCS(=O)(=O)NC(CC(=O)OC)c1ccc(Br)cc1. The van der Waals surface area contributed by atoms with Gasteiger partial charge in [0, 0.05) is 4.47 Å². The summed E-state index contributed by atoms with van der Waals surface area (Å²) in [6.45, 7) is 1.93. The summed E-state index contributed by atoms with van der Waals surface area (Å²) in [5, 5.41) is 0. The van der Waals surface area contributed by atoms with Gasteiger partial charge in [-0.05, 0) is 24.1 Å². The lowest BCUT2D eigenvalue weighted by atomic mass is 10.1. The Bertz CT molecular complexity index is 557. The van der Waals surface area contributed by atoms with Gasteiger partial charge in [0.2, 0.25) is 10.0 Å². The third kappa shape index (κ3) is 6.58. The molecule has 0 saturated carbocycles. The van der Waals surface area contributed by atoms with Gasteiger partial charge < -0.3 is 4.74 Å². The highest BCUT2D eigenvalue weighted by Gasteiger charge is 2.22. The minimum atomic E-state index is -3.42. The number of hydrogen-bond donors (Lipinski definition) is 1. The van der Waals surface area contributed by atoms with Crippen LogP contribution in [0.25, 0.3) is 0 Å². The van der Waals surface area contributed by atoms with Gasteiger partial charge in [0.1, 0.15) is 0 Å². The van der Waals surface area contributed by atoms with Crippen molar-refractivity contribution in [1.82, 2.24) is 4.72 Å². The van der Waals surface area contributed by atoms with E-state index >= 15 is 0 Å². The van der Waals surface area contributed by atoms with Crippen molar-refractivity contribution >= 4 is 31.9 Å². The Kier molecular flexibility index (Phi) is 7.34. The Morgan fingerprint density at radius 2 is 1.95 bits per heavy atom. The molecule has 1 rings (SSSR count). The second-order valence-corrected chi connectivity index (χ2v) is 7.46. The largest absolute Gasteiger partial charge is 0.469 e. The van der Waals surface area contributed by atoms with Gasteiger partial charge in [0.05, 0.1) is 25.3 Å². The maximum Gasteiger partial charge on any atom is 0.307 e. The highest BCUT2D eigenvalue weighted by molar-refractivity contribution is 9.10. The lowest BCUT2D eigenvalue weighted by Gasteiger charge is -2.18. The zero-order chi connectivity index (χ0) is 15.9. The first-order chi connectivity index (χ1) is 9.88. The lowest BCUT2D eigenvalue weighted by molar-refractivity contribution is -0.141. The Morgan fingerprint density at radius 1 is 1.33 bits per heavy atom. The van der Waals surface area contributed by atoms with Crippen LogP contribution in [0.1, 0.15) is 37.8 Å². The highest BCUT2D eigenvalue weighted by atomic mass is 79.9. The number of rotatable bonds is 8. The average molecular weight is 378 g/mol. The summed E-state index contributed by atoms with van der Waals surface area (Å²) >= 11 is 3.32. The van der Waals surface area contributed by atoms with Gasteiger partial charge in [-0.1, -0.05) is 41.4 Å². The summed E-state index contributed by atoms with van der Waals surface area (Å²) in [6, 6.07) is 6.55. The van der Waals surface area contributed by atoms with E-state index in [2.05, 4.69) is 25.4 Å². The van der Waals surface area contributed by atoms with E-state index in [1.165, 1.54) is 7.11 Å². The van der Waals surface area contributed by atoms with E-state index in [0.717, 1.165) is 16.5 Å². The molecule has 0 aliphatic rings. The highest BCUT2D eigenvalue weighted by Crippen LogP contribution is 2.21. The summed E-state index contributed by atoms with van der Waals surface area (Å²) in [5.41, 5.74) is 0.726. The van der Waals surface area contributed by atoms with Crippen molar-refractivity contribution in [2.24, 2.45) is 0 Å². The number of carbonyl (C=O) groups excluding carboxylic acids is 1. The van der Waals surface area contributed by atoms with E-state index in [0.29, 0.717) is 6.42 Å². The fourth-order valence-electron chi connectivity index (χ4n) is 1.78. The van der Waals surface area contributed by atoms with Crippen LogP contribution in [-0.2, 0) is 19.6 Å². The predicted octanol–water partition coefficient (Wildman–Crippen LogP) is 2.77. The molecule has 0 amide bonds. The zero-order valence-electron chi connectivity index (χ0n) is 12.1. The smallest absolute Gasteiger partial charge is 0.307 e. The molecule has 1 aromatic rings. The topological polar surface area (TPSA) is 72.5 Å². The van der Waals surface area contributed by atoms with Gasteiger partial charge in [0.25, 0.3) is 0 Å². The van der Waals surface area contributed by atoms with E-state index in [9.17, 15) is 13.2 Å². The summed E-state index contributed by atoms with van der Waals surface area (Å²) in [4.78, 5) is 11.5. The fourth-order valence-corrected chi connectivity index (χ4v) is 3.49. The molecule has 5 nitrogen and oxygen atoms in total. The van der Waals surface area contributed by atoms with E-state index in [4.69, 9.17) is 0 Å². The van der Waals surface area contributed by atoms with E-state index in [-0.39, 0.29) is 12.2 Å². The molecular formula is C14H20BrNO4S. The van der Waals surface area contributed by atoms with Gasteiger partial charge in [-0.2, -0.15) is 0 Å². The monoisotopic (exact) mass is 377 g/mol. The molecule has 7 heteroatoms. The summed E-state index contributed by atoms with van der Waals surface area (Å²) in [5.74, 6) is -0.404. The maximum absolute atomic E-state index is 12.0. The number of methoxy groups -OCH3 is 1. The first-order valence-corrected chi connectivity index (χ1v) is 9.14. The molecule has 118 valence electrons. The van der Waals surface area contributed by atoms with Gasteiger partial charge in [-0.3, -0.25) is 4.79 Å². The van der Waals surface area contributed by atoms with Gasteiger partial charge in [-0.25, -0.2) is 13.1 Å². The number of halogens is 1. The normalized spacial score (nSPS) is 12.9. The average Bonchev–Trinajstić information content (AvgIpc) is 2.45. The third-order valence-corrected chi connectivity index (χ3v) is 4.96. The zero-order valence-corrected chi connectivity index (χ0v) is 14.5. The fraction of sp³-hybridized carbons (Fsp3) is 0.500. The van der Waals surface area contributed by atoms with Gasteiger partial charge in [0.15, 0.2) is 0 Å². The van der Waals surface area contributed by atoms with Crippen LogP contribution in [0.3, 0.4) is 0 Å². The third-order valence-electron chi connectivity index (χ3n) is 2.96. The molecular weight excluding hydrogens is 358 g/mol. The minimum Gasteiger partial charge on any atom is -0.469 e. The quantitative estimate of drug-likeness (QED) is 0.706. The molecule has 0 spiro atoms. The first kappa shape index (κ1) is 18.1. The summed E-state index contributed by atoms with van der Waals surface area (Å²) < 4.78 is 32.2. The molecule has 0 aromatic heterocycles. The molecule has 1 aromatic carbocycles. The Morgan fingerprint density at radius 3 is 2.48 bits per heavy atom. The number of benzene rings is 1. The molecule has 0 fully saturated rings. The predicted molar refractivity (Wildman–Crippen MR) is 85.3 cm³/mol. The molecule has 21 heavy (non-hydrogen) atoms. The van der Waals surface area contributed by atoms with Crippen molar-refractivity contribution in [3.05, 3.63) is 34.3 Å². The number of nitrogens with one attached hydrogen (secondary N) is 1. The molecule has 0 aliphatic heterocycles. The molecule has 0 aliphatic carbocycles. The van der Waals surface area contributed by atoms with E-state index < -0.39 is 22.0 Å². The van der Waals surface area contributed by atoms with E-state index in [1.807, 2.05) is 6.92 Å². The van der Waals surface area contributed by atoms with E-state index in [1.54, 1.807) is 24.3 Å². The number of esters is 1. The van der Waals surface area contributed by atoms with Crippen LogP contribution in [0.4, 0.5) is 0 Å². The number of carbonyl (C=O) groups is 1. The second kappa shape index (κ2) is 8.51. The van der Waals surface area contributed by atoms with Gasteiger partial charge in [-0.15, -0.1) is 0 Å². The summed E-state index contributed by atoms with van der Waals surface area (Å²) in [7, 11) is -2.14. The van der Waals surface area contributed by atoms with Crippen molar-refractivity contribution in [3.8, 4) is 0 Å². The van der Waals surface area contributed by atoms with Crippen molar-refractivity contribution in [2.75, 3.05) is 12.9 Å². The van der Waals surface area contributed by atoms with Crippen molar-refractivity contribution < 1.29 is 17.9 Å². The molecule has 1 unspecified atom stereocenters. The molecule has 0 bridgehead atoms. The van der Waals surface area contributed by atoms with Gasteiger partial charge >= 0.3 is 5.97 Å². The Hall–Kier alpha value is -0.920. The van der Waals surface area contributed by atoms with Crippen LogP contribution in [0.2, 0.25) is 0 Å². The first-order valence-electron chi connectivity index (χ1n) is 6.70. The van der Waals surface area contributed by atoms with Crippen LogP contribution in [0.5, 0.6) is 0 Å². The Labute approximate surface area is 134 Å². The van der Waals surface area contributed by atoms with Crippen LogP contribution in [0, 0.1) is 0 Å². The lowest BCUT2D eigenvalue weighted by Crippen LogP contribution is -2.32. The van der Waals surface area contributed by atoms with Crippen molar-refractivity contribution in [2.45, 2.75) is 32.2 Å². The maximum atomic E-state index is 12.0. The van der Waals surface area contributed by atoms with Crippen LogP contribution >= 0.6 is 15.9 Å². The van der Waals surface area contributed by atoms with Crippen molar-refractivity contribution in [1.29, 1.82) is 0 Å². The number of ether oxygens (including phenoxy) is 1. The molecule has 0 saturated heterocycles. The molecule has 1 N–H and O–H groups in total. The molecule has 1 atom stereocenters. The van der Waals surface area contributed by atoms with Crippen molar-refractivity contribution in [3.63, 3.8) is 0 Å². The summed E-state index contributed by atoms with van der Waals surface area (Å²) in [6.07, 6.45) is 1.34. The van der Waals surface area contributed by atoms with Crippen LogP contribution in [-0.4, -0.2) is 27.2 Å². The standard InChI is InChI=1S/C14H20BrNO4S/c1-3-4-9-21(18,19)16-13(10-14(17)20-2)11-5-7-12(15)8-6-11/h5-8,13,16H,3-4,9-10H2,1-2H3.